The number of nitrogens with one attached hydrogen (secondary N) is 1. The number of rotatable bonds is 6. The minimum absolute atomic E-state index is 0.00824. The number of ether oxygens (including phenoxy) is 5. The van der Waals surface area contributed by atoms with E-state index in [-0.39, 0.29) is 34.8 Å². The summed E-state index contributed by atoms with van der Waals surface area (Å²) >= 11 is 0. The molecule has 16 nitrogen and oxygen atoms in total. The van der Waals surface area contributed by atoms with Gasteiger partial charge in [0, 0.05) is 25.7 Å². The topological polar surface area (TPSA) is 200 Å². The molecule has 1 aliphatic heterocycles. The van der Waals surface area contributed by atoms with Crippen molar-refractivity contribution in [2.75, 3.05) is 6.61 Å². The number of carbonyl (C=O) groups is 4. The average molecular weight is 576 g/mol. The predicted molar refractivity (Wildman–Crippen MR) is 138 cm³/mol. The van der Waals surface area contributed by atoms with E-state index in [1.54, 1.807) is 27.7 Å². The molecule has 0 aliphatic carbocycles. The Balaban J connectivity index is 1.95. The predicted octanol–water partition coefficient (Wildman–Crippen LogP) is 0.932. The second-order valence-electron chi connectivity index (χ2n) is 10.2. The van der Waals surface area contributed by atoms with Gasteiger partial charge in [0.15, 0.2) is 18.4 Å². The first-order valence-electron chi connectivity index (χ1n) is 12.6. The van der Waals surface area contributed by atoms with Crippen LogP contribution in [-0.2, 0) is 38.1 Å². The third-order valence-corrected chi connectivity index (χ3v) is 5.91. The maximum atomic E-state index is 13.3. The highest BCUT2D eigenvalue weighted by Crippen LogP contribution is 2.35. The molecule has 0 amide bonds. The van der Waals surface area contributed by atoms with Crippen molar-refractivity contribution in [3.8, 4) is 0 Å². The van der Waals surface area contributed by atoms with E-state index in [2.05, 4.69) is 15.3 Å². The largest absolute Gasteiger partial charge is 0.463 e. The highest BCUT2D eigenvalue weighted by Gasteiger charge is 2.51. The summed E-state index contributed by atoms with van der Waals surface area (Å²) in [5, 5.41) is 10.0. The van der Waals surface area contributed by atoms with Crippen LogP contribution in [0.5, 0.6) is 0 Å². The fourth-order valence-electron chi connectivity index (χ4n) is 4.36. The molecule has 0 bridgehead atoms. The molecule has 3 aromatic heterocycles. The molecule has 41 heavy (non-hydrogen) atoms. The van der Waals surface area contributed by atoms with Crippen LogP contribution < -0.4 is 11.1 Å². The molecule has 0 spiro atoms. The zero-order valence-electron chi connectivity index (χ0n) is 23.2. The van der Waals surface area contributed by atoms with Gasteiger partial charge in [0.2, 0.25) is 0 Å². The van der Waals surface area contributed by atoms with E-state index in [4.69, 9.17) is 23.7 Å². The second-order valence-corrected chi connectivity index (χ2v) is 10.2. The van der Waals surface area contributed by atoms with E-state index < -0.39 is 65.3 Å². The van der Waals surface area contributed by atoms with Crippen LogP contribution in [0.25, 0.3) is 21.8 Å². The highest BCUT2D eigenvalue weighted by molar-refractivity contribution is 6.09. The van der Waals surface area contributed by atoms with Crippen LogP contribution in [0.2, 0.25) is 0 Å². The molecule has 1 saturated heterocycles. The van der Waals surface area contributed by atoms with Crippen LogP contribution in [-0.4, -0.2) is 79.1 Å². The van der Waals surface area contributed by atoms with E-state index in [1.807, 2.05) is 0 Å². The highest BCUT2D eigenvalue weighted by atomic mass is 16.7. The van der Waals surface area contributed by atoms with E-state index in [1.165, 1.54) is 13.1 Å². The summed E-state index contributed by atoms with van der Waals surface area (Å²) in [5.41, 5.74) is -2.90. The lowest BCUT2D eigenvalue weighted by Gasteiger charge is -2.24. The van der Waals surface area contributed by atoms with Crippen LogP contribution >= 0.6 is 0 Å². The average Bonchev–Trinajstić information content (AvgIpc) is 3.27. The molecule has 4 rings (SSSR count). The summed E-state index contributed by atoms with van der Waals surface area (Å²) in [6, 6.07) is 0. The SMILES string of the molecule is CCC(=O)O[C@H]1[C@@H](OC(C)=O)[C@H](n2cc3c4c(cn[nH]c(=O)c4c(=O)n3C(=O)OC(C)(C)C)n2)O[C@@H]1COC(C)=O. The van der Waals surface area contributed by atoms with Gasteiger partial charge >= 0.3 is 24.0 Å². The number of H-pyrrole nitrogens is 1. The summed E-state index contributed by atoms with van der Waals surface area (Å²) in [6.45, 7) is 8.34. The van der Waals surface area contributed by atoms with Gasteiger partial charge < -0.3 is 23.7 Å². The fourth-order valence-corrected chi connectivity index (χ4v) is 4.36. The number of carbonyl (C=O) groups excluding carboxylic acids is 4. The quantitative estimate of drug-likeness (QED) is 0.322. The lowest BCUT2D eigenvalue weighted by atomic mass is 10.1. The Kier molecular flexibility index (Phi) is 7.96. The monoisotopic (exact) mass is 575 g/mol. The molecule has 3 aromatic rings. The Bertz CT molecular complexity index is 1650. The Hall–Kier alpha value is -4.60. The number of hydrogen-bond acceptors (Lipinski definition) is 13. The lowest BCUT2D eigenvalue weighted by Crippen LogP contribution is -2.41. The zero-order valence-corrected chi connectivity index (χ0v) is 23.2. The summed E-state index contributed by atoms with van der Waals surface area (Å²) in [6.07, 6.45) is -3.60. The van der Waals surface area contributed by atoms with Crippen LogP contribution in [0.3, 0.4) is 0 Å². The van der Waals surface area contributed by atoms with Crippen molar-refractivity contribution in [3.05, 3.63) is 33.1 Å². The van der Waals surface area contributed by atoms with Crippen molar-refractivity contribution in [2.24, 2.45) is 0 Å². The second kappa shape index (κ2) is 11.1. The summed E-state index contributed by atoms with van der Waals surface area (Å²) < 4.78 is 29.3. The van der Waals surface area contributed by atoms with Crippen molar-refractivity contribution in [2.45, 2.75) is 78.1 Å². The standard InChI is InChI=1S/C25H29N5O11/c1-7-16(33)40-19-15(10-37-11(2)31)39-23(20(19)38-12(3)32)29-9-14-17-13(28-29)8-26-27-21(34)18(17)22(35)30(14)24(36)41-25(4,5)6/h8-9,15,19-20,23H,7,10H2,1-6H3,(H,27,34)/t15-,19-,20-,23-/m1/s1. The summed E-state index contributed by atoms with van der Waals surface area (Å²) in [4.78, 5) is 75.0. The van der Waals surface area contributed by atoms with E-state index >= 15 is 0 Å². The minimum Gasteiger partial charge on any atom is -0.463 e. The van der Waals surface area contributed by atoms with Crippen LogP contribution in [0.15, 0.2) is 22.0 Å². The molecule has 220 valence electrons. The first-order valence-corrected chi connectivity index (χ1v) is 12.6. The van der Waals surface area contributed by atoms with Gasteiger partial charge in [0.25, 0.3) is 11.1 Å². The molecule has 4 heterocycles. The van der Waals surface area contributed by atoms with Crippen molar-refractivity contribution < 1.29 is 42.9 Å². The maximum absolute atomic E-state index is 13.3. The van der Waals surface area contributed by atoms with Crippen LogP contribution in [0.4, 0.5) is 4.79 Å². The van der Waals surface area contributed by atoms with Crippen LogP contribution in [0.1, 0.15) is 54.2 Å². The first kappa shape index (κ1) is 29.4. The van der Waals surface area contributed by atoms with Gasteiger partial charge in [-0.3, -0.25) is 24.0 Å². The minimum atomic E-state index is -1.31. The van der Waals surface area contributed by atoms with Gasteiger partial charge in [0.05, 0.1) is 17.9 Å². The molecule has 0 saturated carbocycles. The van der Waals surface area contributed by atoms with Gasteiger partial charge in [-0.25, -0.2) is 19.1 Å². The molecule has 0 radical (unpaired) electrons. The molecule has 1 fully saturated rings. The van der Waals surface area contributed by atoms with Gasteiger partial charge in [0.1, 0.15) is 29.2 Å². The van der Waals surface area contributed by atoms with Gasteiger partial charge in [-0.05, 0) is 20.8 Å². The molecule has 0 unspecified atom stereocenters. The van der Waals surface area contributed by atoms with Crippen molar-refractivity contribution in [3.63, 3.8) is 0 Å². The Morgan fingerprint density at radius 2 is 1.76 bits per heavy atom. The molecular formula is C25H29N5O11. The molecular weight excluding hydrogens is 546 g/mol. The van der Waals surface area contributed by atoms with Crippen molar-refractivity contribution in [1.29, 1.82) is 0 Å². The van der Waals surface area contributed by atoms with Crippen molar-refractivity contribution >= 4 is 45.8 Å². The van der Waals surface area contributed by atoms with Gasteiger partial charge in [-0.1, -0.05) is 6.92 Å². The third-order valence-electron chi connectivity index (χ3n) is 5.91. The van der Waals surface area contributed by atoms with Gasteiger partial charge in [-0.15, -0.1) is 0 Å². The van der Waals surface area contributed by atoms with E-state index in [9.17, 15) is 28.8 Å². The number of nitrogens with zero attached hydrogens (tertiary/aromatic N) is 4. The molecule has 16 heteroatoms. The van der Waals surface area contributed by atoms with Gasteiger partial charge in [-0.2, -0.15) is 10.2 Å². The van der Waals surface area contributed by atoms with Crippen molar-refractivity contribution in [1.82, 2.24) is 24.5 Å². The smallest absolute Gasteiger partial charge is 0.422 e. The molecule has 0 aromatic carbocycles. The summed E-state index contributed by atoms with van der Waals surface area (Å²) in [5.74, 6) is -2.01. The Labute approximate surface area is 231 Å². The maximum Gasteiger partial charge on any atom is 0.422 e. The number of esters is 3. The molecule has 1 N–H and O–H groups in total. The molecule has 1 aliphatic rings. The Morgan fingerprint density at radius 1 is 1.05 bits per heavy atom. The number of aromatic nitrogens is 5. The molecule has 4 atom stereocenters. The lowest BCUT2D eigenvalue weighted by molar-refractivity contribution is -0.167. The Morgan fingerprint density at radius 3 is 2.37 bits per heavy atom. The fraction of sp³-hybridized carbons (Fsp3) is 0.520. The number of hydrogen-bond donors (Lipinski definition) is 1. The first-order chi connectivity index (χ1) is 19.2. The summed E-state index contributed by atoms with van der Waals surface area (Å²) in [7, 11) is 0. The third kappa shape index (κ3) is 5.96. The van der Waals surface area contributed by atoms with E-state index in [0.717, 1.165) is 17.8 Å². The van der Waals surface area contributed by atoms with E-state index in [0.29, 0.717) is 4.57 Å². The normalized spacial score (nSPS) is 20.6. The number of aromatic amines is 1. The van der Waals surface area contributed by atoms with Crippen LogP contribution in [0, 0.1) is 0 Å². The zero-order chi connectivity index (χ0) is 30.2.